The molecule has 0 rings (SSSR count). The van der Waals surface area contributed by atoms with Crippen molar-refractivity contribution in [3.63, 3.8) is 0 Å². The molecule has 0 saturated carbocycles. The highest BCUT2D eigenvalue weighted by Gasteiger charge is 2.30. The zero-order valence-electron chi connectivity index (χ0n) is 17.2. The quantitative estimate of drug-likeness (QED) is 0.242. The van der Waals surface area contributed by atoms with Crippen LogP contribution < -0.4 is 21.7 Å². The number of amides is 3. The molecule has 7 N–H and O–H groups in total. The first-order chi connectivity index (χ1) is 12.9. The van der Waals surface area contributed by atoms with Crippen molar-refractivity contribution in [3.8, 4) is 0 Å². The highest BCUT2D eigenvalue weighted by molar-refractivity contribution is 5.92. The van der Waals surface area contributed by atoms with Gasteiger partial charge in [0.05, 0.1) is 12.6 Å². The lowest BCUT2D eigenvalue weighted by molar-refractivity contribution is -0.143. The highest BCUT2D eigenvalue weighted by atomic mass is 16.4. The molecule has 3 amide bonds. The van der Waals surface area contributed by atoms with Crippen molar-refractivity contribution in [1.82, 2.24) is 16.0 Å². The van der Waals surface area contributed by atoms with Crippen LogP contribution in [0.1, 0.15) is 47.5 Å². The van der Waals surface area contributed by atoms with Crippen molar-refractivity contribution in [3.05, 3.63) is 0 Å². The number of carboxylic acid groups (broad SMARTS) is 1. The Morgan fingerprint density at radius 1 is 1.00 bits per heavy atom. The molecular formula is C18H34N4O6. The minimum atomic E-state index is -1.17. The summed E-state index contributed by atoms with van der Waals surface area (Å²) >= 11 is 0. The van der Waals surface area contributed by atoms with E-state index in [2.05, 4.69) is 16.0 Å². The van der Waals surface area contributed by atoms with Crippen LogP contribution in [0.15, 0.2) is 0 Å². The summed E-state index contributed by atoms with van der Waals surface area (Å²) < 4.78 is 0. The molecule has 162 valence electrons. The summed E-state index contributed by atoms with van der Waals surface area (Å²) in [5.41, 5.74) is 5.47. The molecule has 0 aliphatic heterocycles. The molecule has 28 heavy (non-hydrogen) atoms. The minimum absolute atomic E-state index is 0.0615. The third-order valence-electron chi connectivity index (χ3n) is 4.38. The van der Waals surface area contributed by atoms with Crippen LogP contribution in [0.4, 0.5) is 0 Å². The van der Waals surface area contributed by atoms with Crippen molar-refractivity contribution in [2.45, 2.75) is 71.7 Å². The topological polar surface area (TPSA) is 171 Å². The molecule has 0 aromatic carbocycles. The van der Waals surface area contributed by atoms with Crippen molar-refractivity contribution < 1.29 is 29.4 Å². The number of carboxylic acids is 1. The molecule has 10 heteroatoms. The van der Waals surface area contributed by atoms with Crippen LogP contribution in [0, 0.1) is 11.8 Å². The number of carbonyl (C=O) groups excluding carboxylic acids is 3. The van der Waals surface area contributed by atoms with Crippen LogP contribution in [-0.4, -0.2) is 64.7 Å². The van der Waals surface area contributed by atoms with Crippen molar-refractivity contribution in [2.24, 2.45) is 17.6 Å². The fourth-order valence-electron chi connectivity index (χ4n) is 2.39. The Labute approximate surface area is 165 Å². The maximum absolute atomic E-state index is 12.6. The summed E-state index contributed by atoms with van der Waals surface area (Å²) in [6.45, 7) is 8.21. The third kappa shape index (κ3) is 9.14. The largest absolute Gasteiger partial charge is 0.480 e. The van der Waals surface area contributed by atoms with Gasteiger partial charge in [-0.15, -0.1) is 0 Å². The van der Waals surface area contributed by atoms with E-state index in [1.807, 2.05) is 20.8 Å². The number of hydrogen-bond donors (Lipinski definition) is 6. The molecule has 5 unspecified atom stereocenters. The standard InChI is InChI=1S/C18H34N4O6/c1-6-10(4)15(17(26)21-12(18(27)28)7-9(2)3)22-13(24)8-20-16(25)14(19)11(5)23/h9-12,14-15,23H,6-8,19H2,1-5H3,(H,20,25)(H,21,26)(H,22,24)(H,27,28). The van der Waals surface area contributed by atoms with Gasteiger partial charge in [0.25, 0.3) is 0 Å². The fraction of sp³-hybridized carbons (Fsp3) is 0.778. The van der Waals surface area contributed by atoms with Crippen molar-refractivity contribution in [1.29, 1.82) is 0 Å². The van der Waals surface area contributed by atoms with Crippen LogP contribution in [0.2, 0.25) is 0 Å². The third-order valence-corrected chi connectivity index (χ3v) is 4.38. The molecule has 5 atom stereocenters. The van der Waals surface area contributed by atoms with Gasteiger partial charge in [0.2, 0.25) is 17.7 Å². The number of aliphatic hydroxyl groups is 1. The SMILES string of the molecule is CCC(C)C(NC(=O)CNC(=O)C(N)C(C)O)C(=O)NC(CC(C)C)C(=O)O. The summed E-state index contributed by atoms with van der Waals surface area (Å²) in [4.78, 5) is 47.8. The summed E-state index contributed by atoms with van der Waals surface area (Å²) in [5.74, 6) is -3.25. The van der Waals surface area contributed by atoms with Crippen LogP contribution >= 0.6 is 0 Å². The second-order valence-electron chi connectivity index (χ2n) is 7.44. The van der Waals surface area contributed by atoms with E-state index in [9.17, 15) is 29.4 Å². The Bertz CT molecular complexity index is 552. The second kappa shape index (κ2) is 12.3. The lowest BCUT2D eigenvalue weighted by atomic mass is 9.97. The van der Waals surface area contributed by atoms with Gasteiger partial charge in [-0.25, -0.2) is 4.79 Å². The van der Waals surface area contributed by atoms with E-state index in [0.29, 0.717) is 6.42 Å². The molecular weight excluding hydrogens is 368 g/mol. The normalized spacial score (nSPS) is 16.4. The maximum Gasteiger partial charge on any atom is 0.326 e. The Hall–Kier alpha value is -2.20. The van der Waals surface area contributed by atoms with Crippen LogP contribution in [-0.2, 0) is 19.2 Å². The zero-order valence-corrected chi connectivity index (χ0v) is 17.2. The van der Waals surface area contributed by atoms with E-state index in [4.69, 9.17) is 5.73 Å². The molecule has 0 radical (unpaired) electrons. The van der Waals surface area contributed by atoms with Gasteiger partial charge in [-0.05, 0) is 25.2 Å². The Morgan fingerprint density at radius 3 is 2.00 bits per heavy atom. The number of nitrogens with one attached hydrogen (secondary N) is 3. The van der Waals surface area contributed by atoms with Gasteiger partial charge in [-0.2, -0.15) is 0 Å². The molecule has 0 spiro atoms. The van der Waals surface area contributed by atoms with E-state index in [1.54, 1.807) is 6.92 Å². The van der Waals surface area contributed by atoms with E-state index < -0.39 is 54.5 Å². The summed E-state index contributed by atoms with van der Waals surface area (Å²) in [5, 5.41) is 25.9. The van der Waals surface area contributed by atoms with E-state index in [1.165, 1.54) is 6.92 Å². The molecule has 0 aromatic rings. The molecule has 10 nitrogen and oxygen atoms in total. The van der Waals surface area contributed by atoms with E-state index in [-0.39, 0.29) is 18.3 Å². The van der Waals surface area contributed by atoms with E-state index >= 15 is 0 Å². The average molecular weight is 402 g/mol. The first-order valence-electron chi connectivity index (χ1n) is 9.44. The number of aliphatic carboxylic acids is 1. The molecule has 0 aromatic heterocycles. The highest BCUT2D eigenvalue weighted by Crippen LogP contribution is 2.10. The smallest absolute Gasteiger partial charge is 0.326 e. The van der Waals surface area contributed by atoms with Gasteiger partial charge >= 0.3 is 5.97 Å². The first-order valence-corrected chi connectivity index (χ1v) is 9.44. The van der Waals surface area contributed by atoms with Crippen LogP contribution in [0.3, 0.4) is 0 Å². The van der Waals surface area contributed by atoms with Crippen LogP contribution in [0.25, 0.3) is 0 Å². The Kier molecular flexibility index (Phi) is 11.3. The van der Waals surface area contributed by atoms with Gasteiger partial charge in [0, 0.05) is 0 Å². The number of rotatable bonds is 12. The summed E-state index contributed by atoms with van der Waals surface area (Å²) in [6, 6.07) is -3.18. The number of aliphatic hydroxyl groups excluding tert-OH is 1. The summed E-state index contributed by atoms with van der Waals surface area (Å²) in [6.07, 6.45) is -0.245. The second-order valence-corrected chi connectivity index (χ2v) is 7.44. The van der Waals surface area contributed by atoms with Gasteiger partial charge in [0.1, 0.15) is 18.1 Å². The molecule has 0 fully saturated rings. The molecule has 0 bridgehead atoms. The minimum Gasteiger partial charge on any atom is -0.480 e. The van der Waals surface area contributed by atoms with Crippen molar-refractivity contribution >= 4 is 23.7 Å². The fourth-order valence-corrected chi connectivity index (χ4v) is 2.39. The monoisotopic (exact) mass is 402 g/mol. The average Bonchev–Trinajstić information content (AvgIpc) is 2.61. The van der Waals surface area contributed by atoms with Crippen molar-refractivity contribution in [2.75, 3.05) is 6.54 Å². The predicted molar refractivity (Wildman–Crippen MR) is 103 cm³/mol. The zero-order chi connectivity index (χ0) is 22.0. The lowest BCUT2D eigenvalue weighted by Gasteiger charge is -2.26. The number of nitrogens with two attached hydrogens (primary N) is 1. The van der Waals surface area contributed by atoms with Gasteiger partial charge in [-0.3, -0.25) is 14.4 Å². The van der Waals surface area contributed by atoms with Crippen LogP contribution in [0.5, 0.6) is 0 Å². The number of hydrogen-bond acceptors (Lipinski definition) is 6. The Balaban J connectivity index is 4.98. The lowest BCUT2D eigenvalue weighted by Crippen LogP contribution is -2.56. The van der Waals surface area contributed by atoms with Gasteiger partial charge < -0.3 is 31.9 Å². The molecule has 0 heterocycles. The molecule has 0 aliphatic carbocycles. The molecule has 0 aliphatic rings. The van der Waals surface area contributed by atoms with E-state index in [0.717, 1.165) is 0 Å². The van der Waals surface area contributed by atoms with Gasteiger partial charge in [-0.1, -0.05) is 34.1 Å². The Morgan fingerprint density at radius 2 is 1.57 bits per heavy atom. The summed E-state index contributed by atoms with van der Waals surface area (Å²) in [7, 11) is 0. The molecule has 0 saturated heterocycles. The first kappa shape index (κ1) is 25.8. The van der Waals surface area contributed by atoms with Gasteiger partial charge in [0.15, 0.2) is 0 Å². The number of carbonyl (C=O) groups is 4. The predicted octanol–water partition coefficient (Wildman–Crippen LogP) is -1.04. The maximum atomic E-state index is 12.6.